The fourth-order valence-corrected chi connectivity index (χ4v) is 2.93. The number of fused-ring (bicyclic) bond motifs is 1. The first-order valence-electron chi connectivity index (χ1n) is 9.24. The summed E-state index contributed by atoms with van der Waals surface area (Å²) in [6.07, 6.45) is 6.31. The summed E-state index contributed by atoms with van der Waals surface area (Å²) in [4.78, 5) is 12.0. The van der Waals surface area contributed by atoms with Gasteiger partial charge < -0.3 is 19.5 Å². The van der Waals surface area contributed by atoms with Crippen molar-refractivity contribution in [1.82, 2.24) is 5.32 Å². The number of amides is 1. The van der Waals surface area contributed by atoms with Crippen LogP contribution in [0.5, 0.6) is 17.2 Å². The summed E-state index contributed by atoms with van der Waals surface area (Å²) in [5.74, 6) is 1.75. The number of aryl methyl sites for hydroxylation is 1. The number of unbranched alkanes of at least 4 members (excludes halogenated alkanes) is 1. The lowest BCUT2D eigenvalue weighted by Crippen LogP contribution is -2.22. The summed E-state index contributed by atoms with van der Waals surface area (Å²) in [6, 6.07) is 14.1. The maximum Gasteiger partial charge on any atom is 0.243 e. The second kappa shape index (κ2) is 9.67. The zero-order valence-corrected chi connectivity index (χ0v) is 15.6. The third kappa shape index (κ3) is 5.51. The number of ether oxygens (including phenoxy) is 3. The summed E-state index contributed by atoms with van der Waals surface area (Å²) in [7, 11) is 1.59. The highest BCUT2D eigenvalue weighted by atomic mass is 16.6. The molecule has 0 spiro atoms. The number of rotatable bonds is 8. The van der Waals surface area contributed by atoms with E-state index < -0.39 is 0 Å². The van der Waals surface area contributed by atoms with Crippen LogP contribution in [-0.4, -0.2) is 32.8 Å². The molecule has 5 nitrogen and oxygen atoms in total. The molecule has 0 bridgehead atoms. The molecular formula is C22H25NO4. The van der Waals surface area contributed by atoms with Gasteiger partial charge in [-0.25, -0.2) is 0 Å². The average Bonchev–Trinajstić information content (AvgIpc) is 2.72. The SMILES string of the molecule is COc1cc(/C=C/C(=O)NCCCCc2ccccc2)cc2c1OCCO2. The molecule has 1 amide bonds. The van der Waals surface area contributed by atoms with Crippen LogP contribution in [0.4, 0.5) is 0 Å². The molecular weight excluding hydrogens is 342 g/mol. The highest BCUT2D eigenvalue weighted by Crippen LogP contribution is 2.40. The summed E-state index contributed by atoms with van der Waals surface area (Å²) >= 11 is 0. The Labute approximate surface area is 159 Å². The number of benzene rings is 2. The van der Waals surface area contributed by atoms with Crippen molar-refractivity contribution in [2.24, 2.45) is 0 Å². The van der Waals surface area contributed by atoms with Crippen LogP contribution in [0.1, 0.15) is 24.0 Å². The van der Waals surface area contributed by atoms with Gasteiger partial charge in [-0.2, -0.15) is 0 Å². The van der Waals surface area contributed by atoms with E-state index in [4.69, 9.17) is 14.2 Å². The Kier molecular flexibility index (Phi) is 6.74. The molecule has 1 aliphatic rings. The number of carbonyl (C=O) groups excluding carboxylic acids is 1. The van der Waals surface area contributed by atoms with Gasteiger partial charge in [0.25, 0.3) is 0 Å². The molecule has 3 rings (SSSR count). The van der Waals surface area contributed by atoms with Crippen molar-refractivity contribution in [1.29, 1.82) is 0 Å². The molecule has 1 heterocycles. The second-order valence-corrected chi connectivity index (χ2v) is 6.31. The van der Waals surface area contributed by atoms with Crippen LogP contribution in [0, 0.1) is 0 Å². The van der Waals surface area contributed by atoms with Crippen LogP contribution in [0.15, 0.2) is 48.5 Å². The highest BCUT2D eigenvalue weighted by Gasteiger charge is 2.17. The smallest absolute Gasteiger partial charge is 0.243 e. The van der Waals surface area contributed by atoms with Gasteiger partial charge >= 0.3 is 0 Å². The van der Waals surface area contributed by atoms with Gasteiger partial charge in [-0.15, -0.1) is 0 Å². The normalized spacial score (nSPS) is 12.8. The third-order valence-electron chi connectivity index (χ3n) is 4.31. The predicted molar refractivity (Wildman–Crippen MR) is 105 cm³/mol. The van der Waals surface area contributed by atoms with Gasteiger partial charge in [0, 0.05) is 12.6 Å². The lowest BCUT2D eigenvalue weighted by atomic mass is 10.1. The van der Waals surface area contributed by atoms with Gasteiger partial charge in [-0.1, -0.05) is 30.3 Å². The van der Waals surface area contributed by atoms with Crippen molar-refractivity contribution < 1.29 is 19.0 Å². The second-order valence-electron chi connectivity index (χ2n) is 6.31. The van der Waals surface area contributed by atoms with Gasteiger partial charge in [-0.3, -0.25) is 4.79 Å². The standard InChI is InChI=1S/C22H25NO4/c1-25-19-15-18(16-20-22(19)27-14-13-26-20)10-11-21(24)23-12-6-5-9-17-7-3-2-4-8-17/h2-4,7-8,10-11,15-16H,5-6,9,12-14H2,1H3,(H,23,24)/b11-10+. The Morgan fingerprint density at radius 1 is 1.15 bits per heavy atom. The zero-order valence-electron chi connectivity index (χ0n) is 15.6. The molecule has 2 aromatic rings. The minimum absolute atomic E-state index is 0.108. The van der Waals surface area contributed by atoms with Crippen molar-refractivity contribution in [3.05, 3.63) is 59.7 Å². The van der Waals surface area contributed by atoms with E-state index in [-0.39, 0.29) is 5.91 Å². The predicted octanol–water partition coefficient (Wildman–Crippen LogP) is 3.62. The first-order valence-corrected chi connectivity index (χ1v) is 9.24. The molecule has 0 aliphatic carbocycles. The molecule has 1 N–H and O–H groups in total. The third-order valence-corrected chi connectivity index (χ3v) is 4.31. The number of carbonyl (C=O) groups is 1. The minimum Gasteiger partial charge on any atom is -0.493 e. The number of hydrogen-bond acceptors (Lipinski definition) is 4. The molecule has 27 heavy (non-hydrogen) atoms. The molecule has 0 radical (unpaired) electrons. The largest absolute Gasteiger partial charge is 0.493 e. The monoisotopic (exact) mass is 367 g/mol. The van der Waals surface area contributed by atoms with Crippen LogP contribution < -0.4 is 19.5 Å². The lowest BCUT2D eigenvalue weighted by Gasteiger charge is -2.20. The molecule has 0 atom stereocenters. The van der Waals surface area contributed by atoms with Crippen molar-refractivity contribution in [2.45, 2.75) is 19.3 Å². The van der Waals surface area contributed by atoms with E-state index in [2.05, 4.69) is 29.6 Å². The molecule has 2 aromatic carbocycles. The fraction of sp³-hybridized carbons (Fsp3) is 0.318. The summed E-state index contributed by atoms with van der Waals surface area (Å²) in [6.45, 7) is 1.68. The van der Waals surface area contributed by atoms with Gasteiger partial charge in [0.15, 0.2) is 11.5 Å². The van der Waals surface area contributed by atoms with E-state index in [1.807, 2.05) is 18.2 Å². The van der Waals surface area contributed by atoms with Crippen LogP contribution >= 0.6 is 0 Å². The van der Waals surface area contributed by atoms with E-state index >= 15 is 0 Å². The fourth-order valence-electron chi connectivity index (χ4n) is 2.93. The number of methoxy groups -OCH3 is 1. The molecule has 0 saturated heterocycles. The quantitative estimate of drug-likeness (QED) is 0.572. The number of hydrogen-bond donors (Lipinski definition) is 1. The summed E-state index contributed by atoms with van der Waals surface area (Å²) in [5.41, 5.74) is 2.16. The first-order chi connectivity index (χ1) is 13.3. The highest BCUT2D eigenvalue weighted by molar-refractivity contribution is 5.91. The van der Waals surface area contributed by atoms with Crippen molar-refractivity contribution in [2.75, 3.05) is 26.9 Å². The van der Waals surface area contributed by atoms with E-state index in [9.17, 15) is 4.79 Å². The van der Waals surface area contributed by atoms with Crippen LogP contribution in [0.2, 0.25) is 0 Å². The van der Waals surface area contributed by atoms with Crippen molar-refractivity contribution >= 4 is 12.0 Å². The Bertz CT molecular complexity index is 769. The maximum atomic E-state index is 12.0. The molecule has 0 saturated carbocycles. The van der Waals surface area contributed by atoms with Crippen LogP contribution in [0.25, 0.3) is 6.08 Å². The lowest BCUT2D eigenvalue weighted by molar-refractivity contribution is -0.116. The van der Waals surface area contributed by atoms with E-state index in [1.165, 1.54) is 11.6 Å². The average molecular weight is 367 g/mol. The Morgan fingerprint density at radius 2 is 1.96 bits per heavy atom. The Morgan fingerprint density at radius 3 is 2.78 bits per heavy atom. The number of nitrogens with one attached hydrogen (secondary N) is 1. The molecule has 0 aromatic heterocycles. The van der Waals surface area contributed by atoms with Gasteiger partial charge in [-0.05, 0) is 48.6 Å². The molecule has 5 heteroatoms. The Balaban J connectivity index is 1.45. The zero-order chi connectivity index (χ0) is 18.9. The molecule has 0 fully saturated rings. The van der Waals surface area contributed by atoms with Gasteiger partial charge in [0.1, 0.15) is 13.2 Å². The summed E-state index contributed by atoms with van der Waals surface area (Å²) < 4.78 is 16.5. The molecule has 1 aliphatic heterocycles. The summed E-state index contributed by atoms with van der Waals surface area (Å²) in [5, 5.41) is 2.92. The van der Waals surface area contributed by atoms with E-state index in [1.54, 1.807) is 13.2 Å². The van der Waals surface area contributed by atoms with E-state index in [0.29, 0.717) is 37.0 Å². The maximum absolute atomic E-state index is 12.0. The van der Waals surface area contributed by atoms with E-state index in [0.717, 1.165) is 24.8 Å². The molecule has 0 unspecified atom stereocenters. The Hall–Kier alpha value is -2.95. The van der Waals surface area contributed by atoms with Crippen molar-refractivity contribution in [3.63, 3.8) is 0 Å². The molecule has 142 valence electrons. The minimum atomic E-state index is -0.108. The van der Waals surface area contributed by atoms with Crippen LogP contribution in [0.3, 0.4) is 0 Å². The van der Waals surface area contributed by atoms with Gasteiger partial charge in [0.2, 0.25) is 11.7 Å². The first kappa shape index (κ1) is 18.8. The van der Waals surface area contributed by atoms with Crippen LogP contribution in [-0.2, 0) is 11.2 Å². The van der Waals surface area contributed by atoms with Crippen molar-refractivity contribution in [3.8, 4) is 17.2 Å². The topological polar surface area (TPSA) is 56.8 Å². The van der Waals surface area contributed by atoms with Gasteiger partial charge in [0.05, 0.1) is 7.11 Å².